The van der Waals surface area contributed by atoms with E-state index in [0.717, 1.165) is 18.8 Å². The standard InChI is InChI=1S/C10H16N4O2/c1-10(6-11-7-10)16-5-9(15)12-4-8-2-3-13-14-8/h2-3,11H,4-7H2,1H3,(H,12,15)(H,13,14). The van der Waals surface area contributed by atoms with Crippen LogP contribution < -0.4 is 10.6 Å². The summed E-state index contributed by atoms with van der Waals surface area (Å²) < 4.78 is 5.50. The number of nitrogens with one attached hydrogen (secondary N) is 3. The van der Waals surface area contributed by atoms with Crippen LogP contribution in [0.5, 0.6) is 0 Å². The summed E-state index contributed by atoms with van der Waals surface area (Å²) in [6, 6.07) is 1.82. The minimum atomic E-state index is -0.175. The van der Waals surface area contributed by atoms with Crippen molar-refractivity contribution in [2.75, 3.05) is 19.7 Å². The number of rotatable bonds is 5. The zero-order chi connectivity index (χ0) is 11.4. The molecule has 16 heavy (non-hydrogen) atoms. The van der Waals surface area contributed by atoms with Crippen LogP contribution in [0.25, 0.3) is 0 Å². The van der Waals surface area contributed by atoms with Crippen molar-refractivity contribution in [3.05, 3.63) is 18.0 Å². The van der Waals surface area contributed by atoms with Gasteiger partial charge in [0, 0.05) is 19.3 Å². The highest BCUT2D eigenvalue weighted by Gasteiger charge is 2.32. The SMILES string of the molecule is CC1(OCC(=O)NCc2ccn[nH]2)CNC1. The number of ether oxygens (including phenoxy) is 1. The number of carbonyl (C=O) groups excluding carboxylic acids is 1. The Labute approximate surface area is 93.8 Å². The van der Waals surface area contributed by atoms with Gasteiger partial charge in [0.05, 0.1) is 17.8 Å². The van der Waals surface area contributed by atoms with Crippen LogP contribution in [0.15, 0.2) is 12.3 Å². The molecule has 0 unspecified atom stereocenters. The van der Waals surface area contributed by atoms with E-state index in [1.807, 2.05) is 13.0 Å². The van der Waals surface area contributed by atoms with Crippen LogP contribution in [0.2, 0.25) is 0 Å². The number of hydrogen-bond acceptors (Lipinski definition) is 4. The maximum absolute atomic E-state index is 11.4. The van der Waals surface area contributed by atoms with Gasteiger partial charge in [0.15, 0.2) is 0 Å². The molecule has 0 radical (unpaired) electrons. The fourth-order valence-corrected chi connectivity index (χ4v) is 1.45. The van der Waals surface area contributed by atoms with Gasteiger partial charge in [0.25, 0.3) is 0 Å². The summed E-state index contributed by atoms with van der Waals surface area (Å²) in [6.07, 6.45) is 1.65. The van der Waals surface area contributed by atoms with Crippen LogP contribution in [0.1, 0.15) is 12.6 Å². The first-order valence-corrected chi connectivity index (χ1v) is 5.28. The molecule has 0 aliphatic carbocycles. The lowest BCUT2D eigenvalue weighted by Gasteiger charge is -2.38. The van der Waals surface area contributed by atoms with Gasteiger partial charge in [0.2, 0.25) is 5.91 Å². The van der Waals surface area contributed by atoms with Crippen molar-refractivity contribution in [1.82, 2.24) is 20.8 Å². The van der Waals surface area contributed by atoms with Gasteiger partial charge in [-0.3, -0.25) is 9.89 Å². The van der Waals surface area contributed by atoms with Gasteiger partial charge in [-0.25, -0.2) is 0 Å². The smallest absolute Gasteiger partial charge is 0.246 e. The van der Waals surface area contributed by atoms with E-state index in [2.05, 4.69) is 20.8 Å². The number of carbonyl (C=O) groups is 1. The summed E-state index contributed by atoms with van der Waals surface area (Å²) in [7, 11) is 0. The summed E-state index contributed by atoms with van der Waals surface area (Å²) in [5.74, 6) is -0.109. The largest absolute Gasteiger partial charge is 0.363 e. The highest BCUT2D eigenvalue weighted by Crippen LogP contribution is 2.14. The molecule has 2 rings (SSSR count). The third kappa shape index (κ3) is 2.80. The third-order valence-electron chi connectivity index (χ3n) is 2.58. The first-order valence-electron chi connectivity index (χ1n) is 5.28. The van der Waals surface area contributed by atoms with Crippen molar-refractivity contribution in [3.8, 4) is 0 Å². The third-order valence-corrected chi connectivity index (χ3v) is 2.58. The van der Waals surface area contributed by atoms with Gasteiger partial charge in [-0.05, 0) is 13.0 Å². The minimum Gasteiger partial charge on any atom is -0.363 e. The van der Waals surface area contributed by atoms with E-state index in [1.54, 1.807) is 6.20 Å². The molecule has 0 aromatic carbocycles. The molecule has 0 spiro atoms. The lowest BCUT2D eigenvalue weighted by atomic mass is 10.0. The van der Waals surface area contributed by atoms with Crippen molar-refractivity contribution < 1.29 is 9.53 Å². The van der Waals surface area contributed by atoms with Crippen LogP contribution in [0, 0.1) is 0 Å². The number of hydrogen-bond donors (Lipinski definition) is 3. The normalized spacial score (nSPS) is 17.8. The van der Waals surface area contributed by atoms with Crippen LogP contribution in [-0.4, -0.2) is 41.4 Å². The first-order chi connectivity index (χ1) is 7.68. The maximum Gasteiger partial charge on any atom is 0.246 e. The quantitative estimate of drug-likeness (QED) is 0.624. The number of aromatic nitrogens is 2. The summed E-state index contributed by atoms with van der Waals surface area (Å²) in [6.45, 7) is 4.16. The van der Waals surface area contributed by atoms with Gasteiger partial charge >= 0.3 is 0 Å². The summed E-state index contributed by atoms with van der Waals surface area (Å²) >= 11 is 0. The Morgan fingerprint density at radius 2 is 2.50 bits per heavy atom. The molecule has 3 N–H and O–H groups in total. The number of H-pyrrole nitrogens is 1. The van der Waals surface area contributed by atoms with E-state index in [0.29, 0.717) is 6.54 Å². The van der Waals surface area contributed by atoms with E-state index >= 15 is 0 Å². The summed E-state index contributed by atoms with van der Waals surface area (Å²) in [5.41, 5.74) is 0.704. The van der Waals surface area contributed by atoms with E-state index in [4.69, 9.17) is 4.74 Å². The fraction of sp³-hybridized carbons (Fsp3) is 0.600. The van der Waals surface area contributed by atoms with E-state index in [1.165, 1.54) is 0 Å². The minimum absolute atomic E-state index is 0.103. The number of nitrogens with zero attached hydrogens (tertiary/aromatic N) is 1. The Kier molecular flexibility index (Phi) is 3.21. The number of amides is 1. The van der Waals surface area contributed by atoms with Gasteiger partial charge in [0.1, 0.15) is 6.61 Å². The molecule has 0 bridgehead atoms. The first kappa shape index (κ1) is 11.1. The van der Waals surface area contributed by atoms with Crippen LogP contribution >= 0.6 is 0 Å². The van der Waals surface area contributed by atoms with Gasteiger partial charge in [-0.1, -0.05) is 0 Å². The van der Waals surface area contributed by atoms with E-state index in [-0.39, 0.29) is 18.1 Å². The fourth-order valence-electron chi connectivity index (χ4n) is 1.45. The zero-order valence-electron chi connectivity index (χ0n) is 9.25. The van der Waals surface area contributed by atoms with Gasteiger partial charge in [-0.2, -0.15) is 5.10 Å². The van der Waals surface area contributed by atoms with Crippen molar-refractivity contribution in [1.29, 1.82) is 0 Å². The topological polar surface area (TPSA) is 79.0 Å². The Balaban J connectivity index is 1.65. The Morgan fingerprint density at radius 1 is 1.69 bits per heavy atom. The second kappa shape index (κ2) is 4.63. The second-order valence-corrected chi connectivity index (χ2v) is 4.20. The summed E-state index contributed by atoms with van der Waals surface area (Å²) in [5, 5.41) is 12.4. The molecule has 0 saturated carbocycles. The lowest BCUT2D eigenvalue weighted by Crippen LogP contribution is -2.59. The molecule has 1 aromatic rings. The maximum atomic E-state index is 11.4. The second-order valence-electron chi connectivity index (χ2n) is 4.20. The van der Waals surface area contributed by atoms with Crippen molar-refractivity contribution in [3.63, 3.8) is 0 Å². The van der Waals surface area contributed by atoms with Gasteiger partial charge in [-0.15, -0.1) is 0 Å². The van der Waals surface area contributed by atoms with E-state index < -0.39 is 0 Å². The Morgan fingerprint density at radius 3 is 3.06 bits per heavy atom. The van der Waals surface area contributed by atoms with Crippen molar-refractivity contribution in [2.45, 2.75) is 19.1 Å². The predicted octanol–water partition coefficient (Wildman–Crippen LogP) is -0.596. The average molecular weight is 224 g/mol. The molecule has 0 atom stereocenters. The Hall–Kier alpha value is -1.40. The molecular weight excluding hydrogens is 208 g/mol. The molecule has 1 fully saturated rings. The molecule has 88 valence electrons. The molecule has 1 aromatic heterocycles. The van der Waals surface area contributed by atoms with Crippen LogP contribution in [-0.2, 0) is 16.1 Å². The molecular formula is C10H16N4O2. The monoisotopic (exact) mass is 224 g/mol. The molecule has 6 nitrogen and oxygen atoms in total. The molecule has 1 aliphatic heterocycles. The molecule has 1 aliphatic rings. The zero-order valence-corrected chi connectivity index (χ0v) is 9.25. The Bertz CT molecular complexity index is 346. The molecule has 6 heteroatoms. The highest BCUT2D eigenvalue weighted by molar-refractivity contribution is 5.77. The molecule has 1 amide bonds. The molecule has 1 saturated heterocycles. The summed E-state index contributed by atoms with van der Waals surface area (Å²) in [4.78, 5) is 11.4. The number of aromatic amines is 1. The van der Waals surface area contributed by atoms with Gasteiger partial charge < -0.3 is 15.4 Å². The average Bonchev–Trinajstić information content (AvgIpc) is 2.73. The van der Waals surface area contributed by atoms with Crippen LogP contribution in [0.3, 0.4) is 0 Å². The molecule has 2 heterocycles. The predicted molar refractivity (Wildman–Crippen MR) is 57.7 cm³/mol. The highest BCUT2D eigenvalue weighted by atomic mass is 16.5. The lowest BCUT2D eigenvalue weighted by molar-refractivity contribution is -0.136. The van der Waals surface area contributed by atoms with Crippen molar-refractivity contribution >= 4 is 5.91 Å². The van der Waals surface area contributed by atoms with Crippen molar-refractivity contribution in [2.24, 2.45) is 0 Å². The van der Waals surface area contributed by atoms with Crippen LogP contribution in [0.4, 0.5) is 0 Å². The van der Waals surface area contributed by atoms with E-state index in [9.17, 15) is 4.79 Å².